The topological polar surface area (TPSA) is 74.8 Å². The maximum Gasteiger partial charge on any atom is 0.257 e. The minimum absolute atomic E-state index is 0.150. The number of aryl methyl sites for hydroxylation is 1. The Morgan fingerprint density at radius 1 is 1.06 bits per heavy atom. The average Bonchev–Trinajstić information content (AvgIpc) is 3.31. The van der Waals surface area contributed by atoms with Gasteiger partial charge in [-0.15, -0.1) is 11.3 Å². The van der Waals surface area contributed by atoms with Gasteiger partial charge in [-0.2, -0.15) is 0 Å². The predicted molar refractivity (Wildman–Crippen MR) is 134 cm³/mol. The fraction of sp³-hybridized carbons (Fsp3) is 0.346. The molecule has 2 aromatic carbocycles. The Bertz CT molecular complexity index is 1170. The number of carbonyl (C=O) groups is 2. The molecular formula is C26H28N4O3S. The summed E-state index contributed by atoms with van der Waals surface area (Å²) in [7, 11) is 1.67. The molecule has 8 heteroatoms. The highest BCUT2D eigenvalue weighted by Gasteiger charge is 2.34. The number of hydrogen-bond acceptors (Lipinski definition) is 6. The van der Waals surface area contributed by atoms with E-state index in [9.17, 15) is 9.59 Å². The number of aromatic nitrogens is 1. The lowest BCUT2D eigenvalue weighted by Gasteiger charge is -2.38. The van der Waals surface area contributed by atoms with Crippen LogP contribution in [0.25, 0.3) is 0 Å². The zero-order chi connectivity index (χ0) is 23.5. The van der Waals surface area contributed by atoms with Gasteiger partial charge in [0.2, 0.25) is 5.91 Å². The third-order valence-corrected chi connectivity index (χ3v) is 7.56. The number of carbonyl (C=O) groups excluding carboxylic acids is 2. The van der Waals surface area contributed by atoms with Crippen molar-refractivity contribution in [1.82, 2.24) is 9.88 Å². The molecule has 1 atom stereocenters. The second-order valence-corrected chi connectivity index (χ2v) is 9.69. The van der Waals surface area contributed by atoms with Crippen molar-refractivity contribution in [3.8, 4) is 5.75 Å². The normalized spacial score (nSPS) is 17.7. The van der Waals surface area contributed by atoms with Gasteiger partial charge in [0.05, 0.1) is 18.7 Å². The smallest absolute Gasteiger partial charge is 0.257 e. The molecule has 2 aliphatic rings. The number of methoxy groups -OCH3 is 1. The molecule has 0 bridgehead atoms. The number of ether oxygens (including phenoxy) is 1. The van der Waals surface area contributed by atoms with Crippen LogP contribution in [0.5, 0.6) is 5.75 Å². The van der Waals surface area contributed by atoms with E-state index in [4.69, 9.17) is 9.72 Å². The Hall–Kier alpha value is -3.39. The molecule has 34 heavy (non-hydrogen) atoms. The van der Waals surface area contributed by atoms with Crippen molar-refractivity contribution >= 4 is 34.0 Å². The number of nitrogens with zero attached hydrogens (tertiary/aromatic N) is 3. The van der Waals surface area contributed by atoms with E-state index in [0.29, 0.717) is 23.8 Å². The Morgan fingerprint density at radius 2 is 1.85 bits per heavy atom. The van der Waals surface area contributed by atoms with Gasteiger partial charge in [-0.3, -0.25) is 14.9 Å². The summed E-state index contributed by atoms with van der Waals surface area (Å²) < 4.78 is 5.35. The highest BCUT2D eigenvalue weighted by atomic mass is 32.1. The molecule has 1 aliphatic carbocycles. The summed E-state index contributed by atoms with van der Waals surface area (Å²) in [6.45, 7) is 2.94. The zero-order valence-corrected chi connectivity index (χ0v) is 20.0. The summed E-state index contributed by atoms with van der Waals surface area (Å²) in [6.07, 6.45) is 2.67. The average molecular weight is 477 g/mol. The highest BCUT2D eigenvalue weighted by Crippen LogP contribution is 2.38. The quantitative estimate of drug-likeness (QED) is 0.598. The third-order valence-electron chi connectivity index (χ3n) is 6.52. The standard InChI is InChI=1S/C26H28N4O3S/c1-33-20-10-5-9-19(17-20)29-13-15-30(16-14-29)25(32)21-11-6-12-22-23(21)27-26(34-22)28-24(31)18-7-3-2-4-8-18/h2-5,7-10,17,21H,6,11-16H2,1H3,(H,27,28,31). The van der Waals surface area contributed by atoms with Crippen LogP contribution >= 0.6 is 11.3 Å². The van der Waals surface area contributed by atoms with Crippen molar-refractivity contribution in [2.24, 2.45) is 0 Å². The molecule has 1 N–H and O–H groups in total. The van der Waals surface area contributed by atoms with E-state index in [2.05, 4.69) is 16.3 Å². The fourth-order valence-electron chi connectivity index (χ4n) is 4.68. The lowest BCUT2D eigenvalue weighted by atomic mass is 9.89. The first-order valence-electron chi connectivity index (χ1n) is 11.7. The first-order chi connectivity index (χ1) is 16.6. The molecule has 5 rings (SSSR count). The molecule has 2 amide bonds. The van der Waals surface area contributed by atoms with Crippen molar-refractivity contribution < 1.29 is 14.3 Å². The molecular weight excluding hydrogens is 448 g/mol. The lowest BCUT2D eigenvalue weighted by Crippen LogP contribution is -2.50. The SMILES string of the molecule is COc1cccc(N2CCN(C(=O)C3CCCc4sc(NC(=O)c5ccccc5)nc43)CC2)c1. The number of piperazine rings is 1. The molecule has 7 nitrogen and oxygen atoms in total. The number of amides is 2. The Labute approximate surface area is 203 Å². The molecule has 176 valence electrons. The third kappa shape index (κ3) is 4.63. The number of hydrogen-bond donors (Lipinski definition) is 1. The molecule has 1 aliphatic heterocycles. The Balaban J connectivity index is 1.25. The van der Waals surface area contributed by atoms with Crippen molar-refractivity contribution in [2.75, 3.05) is 43.5 Å². The second-order valence-electron chi connectivity index (χ2n) is 8.61. The van der Waals surface area contributed by atoms with E-state index >= 15 is 0 Å². The van der Waals surface area contributed by atoms with E-state index in [0.717, 1.165) is 54.4 Å². The summed E-state index contributed by atoms with van der Waals surface area (Å²) in [5, 5.41) is 3.49. The van der Waals surface area contributed by atoms with Crippen LogP contribution in [0.3, 0.4) is 0 Å². The van der Waals surface area contributed by atoms with Crippen LogP contribution in [-0.2, 0) is 11.2 Å². The van der Waals surface area contributed by atoms with Crippen LogP contribution in [0.15, 0.2) is 54.6 Å². The van der Waals surface area contributed by atoms with Gasteiger partial charge in [0.15, 0.2) is 5.13 Å². The van der Waals surface area contributed by atoms with Crippen LogP contribution in [-0.4, -0.2) is 55.0 Å². The van der Waals surface area contributed by atoms with Crippen LogP contribution in [0, 0.1) is 0 Å². The number of benzene rings is 2. The number of anilines is 2. The maximum atomic E-state index is 13.5. The van der Waals surface area contributed by atoms with E-state index in [1.54, 1.807) is 19.2 Å². The summed E-state index contributed by atoms with van der Waals surface area (Å²) in [5.74, 6) is 0.580. The molecule has 1 fully saturated rings. The summed E-state index contributed by atoms with van der Waals surface area (Å²) in [5.41, 5.74) is 2.56. The highest BCUT2D eigenvalue weighted by molar-refractivity contribution is 7.16. The van der Waals surface area contributed by atoms with Crippen molar-refractivity contribution in [1.29, 1.82) is 0 Å². The van der Waals surface area contributed by atoms with E-state index < -0.39 is 0 Å². The van der Waals surface area contributed by atoms with Crippen molar-refractivity contribution in [3.63, 3.8) is 0 Å². The summed E-state index contributed by atoms with van der Waals surface area (Å²) in [4.78, 5) is 36.1. The van der Waals surface area contributed by atoms with E-state index in [1.165, 1.54) is 11.3 Å². The molecule has 1 unspecified atom stereocenters. The van der Waals surface area contributed by atoms with Crippen LogP contribution in [0.2, 0.25) is 0 Å². The van der Waals surface area contributed by atoms with Gasteiger partial charge < -0.3 is 14.5 Å². The maximum absolute atomic E-state index is 13.5. The van der Waals surface area contributed by atoms with Crippen LogP contribution in [0.4, 0.5) is 10.8 Å². The Kier molecular flexibility index (Phi) is 6.49. The number of rotatable bonds is 5. The van der Waals surface area contributed by atoms with E-state index in [-0.39, 0.29) is 17.7 Å². The fourth-order valence-corrected chi connectivity index (χ4v) is 5.74. The largest absolute Gasteiger partial charge is 0.497 e. The summed E-state index contributed by atoms with van der Waals surface area (Å²) in [6, 6.07) is 17.2. The first kappa shape index (κ1) is 22.4. The minimum Gasteiger partial charge on any atom is -0.497 e. The lowest BCUT2D eigenvalue weighted by molar-refractivity contribution is -0.133. The molecule has 2 heterocycles. The molecule has 0 saturated carbocycles. The monoisotopic (exact) mass is 476 g/mol. The van der Waals surface area contributed by atoms with Gasteiger partial charge >= 0.3 is 0 Å². The number of nitrogens with one attached hydrogen (secondary N) is 1. The van der Waals surface area contributed by atoms with Gasteiger partial charge in [0.25, 0.3) is 5.91 Å². The molecule has 0 spiro atoms. The van der Waals surface area contributed by atoms with Gasteiger partial charge in [-0.25, -0.2) is 4.98 Å². The van der Waals surface area contributed by atoms with Crippen molar-refractivity contribution in [3.05, 3.63) is 70.7 Å². The van der Waals surface area contributed by atoms with Crippen LogP contribution in [0.1, 0.15) is 39.7 Å². The molecule has 1 saturated heterocycles. The Morgan fingerprint density at radius 3 is 2.62 bits per heavy atom. The van der Waals surface area contributed by atoms with Crippen LogP contribution < -0.4 is 15.0 Å². The summed E-state index contributed by atoms with van der Waals surface area (Å²) >= 11 is 1.49. The minimum atomic E-state index is -0.231. The molecule has 1 aromatic heterocycles. The number of thiazole rings is 1. The predicted octanol–water partition coefficient (Wildman–Crippen LogP) is 4.17. The van der Waals surface area contributed by atoms with Crippen molar-refractivity contribution in [2.45, 2.75) is 25.2 Å². The molecule has 3 aromatic rings. The van der Waals surface area contributed by atoms with Gasteiger partial charge in [-0.05, 0) is 43.5 Å². The van der Waals surface area contributed by atoms with Gasteiger partial charge in [0, 0.05) is 48.4 Å². The second kappa shape index (κ2) is 9.85. The molecule has 0 radical (unpaired) electrons. The first-order valence-corrected chi connectivity index (χ1v) is 12.5. The number of fused-ring (bicyclic) bond motifs is 1. The van der Waals surface area contributed by atoms with Gasteiger partial charge in [0.1, 0.15) is 5.75 Å². The zero-order valence-electron chi connectivity index (χ0n) is 19.2. The van der Waals surface area contributed by atoms with Gasteiger partial charge in [-0.1, -0.05) is 24.3 Å². The van der Waals surface area contributed by atoms with E-state index in [1.807, 2.05) is 41.3 Å².